The van der Waals surface area contributed by atoms with Crippen molar-refractivity contribution >= 4 is 40.2 Å². The maximum atomic E-state index is 13.1. The Balaban J connectivity index is 0.759. The molecule has 1 aliphatic rings. The molecule has 320 valence electrons. The van der Waals surface area contributed by atoms with Crippen LogP contribution in [0.4, 0.5) is 16.2 Å². The summed E-state index contributed by atoms with van der Waals surface area (Å²) in [7, 11) is 1.77. The Morgan fingerprint density at radius 1 is 0.790 bits per heavy atom. The van der Waals surface area contributed by atoms with Crippen molar-refractivity contribution in [3.8, 4) is 16.9 Å². The van der Waals surface area contributed by atoms with Crippen molar-refractivity contribution < 1.29 is 24.2 Å². The highest BCUT2D eigenvalue weighted by Crippen LogP contribution is 2.28. The molecule has 3 amide bonds. The van der Waals surface area contributed by atoms with Gasteiger partial charge in [-0.3, -0.25) is 19.7 Å². The molecule has 5 aromatic carbocycles. The Morgan fingerprint density at radius 3 is 2.26 bits per heavy atom. The van der Waals surface area contributed by atoms with E-state index in [0.29, 0.717) is 43.6 Å². The normalized spacial score (nSPS) is 13.1. The van der Waals surface area contributed by atoms with Crippen LogP contribution in [0.3, 0.4) is 0 Å². The van der Waals surface area contributed by atoms with Gasteiger partial charge >= 0.3 is 6.09 Å². The maximum Gasteiger partial charge on any atom is 0.411 e. The van der Waals surface area contributed by atoms with E-state index in [1.54, 1.807) is 24.1 Å². The van der Waals surface area contributed by atoms with Crippen molar-refractivity contribution in [2.24, 2.45) is 0 Å². The molecule has 0 unspecified atom stereocenters. The van der Waals surface area contributed by atoms with Crippen LogP contribution in [0, 0.1) is 0 Å². The number of amides is 3. The highest BCUT2D eigenvalue weighted by atomic mass is 16.6. The first-order chi connectivity index (χ1) is 30.2. The largest absolute Gasteiger partial charge is 0.506 e. The van der Waals surface area contributed by atoms with E-state index in [1.807, 2.05) is 97.1 Å². The number of aromatic nitrogens is 1. The van der Waals surface area contributed by atoms with Gasteiger partial charge < -0.3 is 35.3 Å². The molecule has 0 saturated carbocycles. The molecule has 0 radical (unpaired) electrons. The van der Waals surface area contributed by atoms with Gasteiger partial charge in [-0.15, -0.1) is 0 Å². The first-order valence-electron chi connectivity index (χ1n) is 21.3. The third-order valence-electron chi connectivity index (χ3n) is 11.4. The number of para-hydroxylation sites is 1. The molecule has 6 aromatic rings. The topological polar surface area (TPSA) is 156 Å². The lowest BCUT2D eigenvalue weighted by atomic mass is 10.0. The first-order valence-corrected chi connectivity index (χ1v) is 21.3. The Kier molecular flexibility index (Phi) is 14.8. The fraction of sp³-hybridized carbons (Fsp3) is 0.280. The molecule has 1 aliphatic heterocycles. The van der Waals surface area contributed by atoms with Crippen LogP contribution >= 0.6 is 0 Å². The highest BCUT2D eigenvalue weighted by molar-refractivity contribution is 5.93. The number of nitrogens with zero attached hydrogens (tertiary/aromatic N) is 2. The van der Waals surface area contributed by atoms with Gasteiger partial charge in [0.25, 0.3) is 0 Å². The van der Waals surface area contributed by atoms with E-state index < -0.39 is 6.09 Å². The zero-order valence-corrected chi connectivity index (χ0v) is 35.1. The molecule has 0 aliphatic carbocycles. The summed E-state index contributed by atoms with van der Waals surface area (Å²) in [5.74, 6) is -0.00269. The number of carbonyl (C=O) groups is 3. The molecule has 12 heteroatoms. The lowest BCUT2D eigenvalue weighted by Gasteiger charge is -2.31. The summed E-state index contributed by atoms with van der Waals surface area (Å²) in [4.78, 5) is 57.0. The van der Waals surface area contributed by atoms with Crippen LogP contribution in [0.25, 0.3) is 22.0 Å². The van der Waals surface area contributed by atoms with Gasteiger partial charge in [0.2, 0.25) is 17.4 Å². The third kappa shape index (κ3) is 12.0. The number of likely N-dealkylation sites (tertiary alicyclic amines) is 1. The van der Waals surface area contributed by atoms with Gasteiger partial charge in [-0.2, -0.15) is 0 Å². The second kappa shape index (κ2) is 21.2. The number of ether oxygens (including phenoxy) is 1. The Hall–Kier alpha value is -6.76. The summed E-state index contributed by atoms with van der Waals surface area (Å²) in [5, 5.41) is 20.4. The first kappa shape index (κ1) is 43.3. The summed E-state index contributed by atoms with van der Waals surface area (Å²) in [6, 6.07) is 40.1. The van der Waals surface area contributed by atoms with Crippen LogP contribution in [0.2, 0.25) is 0 Å². The number of fused-ring (bicyclic) bond motifs is 1. The van der Waals surface area contributed by atoms with E-state index >= 15 is 0 Å². The number of carbonyl (C=O) groups excluding carboxylic acids is 3. The summed E-state index contributed by atoms with van der Waals surface area (Å²) in [6.07, 6.45) is 2.98. The zero-order chi connectivity index (χ0) is 43.3. The van der Waals surface area contributed by atoms with E-state index in [-0.39, 0.29) is 35.6 Å². The molecule has 1 fully saturated rings. The quantitative estimate of drug-likeness (QED) is 0.0605. The average molecular weight is 835 g/mol. The fourth-order valence-electron chi connectivity index (χ4n) is 7.77. The summed E-state index contributed by atoms with van der Waals surface area (Å²) >= 11 is 0. The van der Waals surface area contributed by atoms with Crippen LogP contribution in [0.1, 0.15) is 41.5 Å². The smallest absolute Gasteiger partial charge is 0.411 e. The van der Waals surface area contributed by atoms with Gasteiger partial charge in [-0.25, -0.2) is 4.79 Å². The molecule has 1 saturated heterocycles. The Bertz CT molecular complexity index is 2500. The number of rotatable bonds is 17. The number of phenolic OH excluding ortho intramolecular Hbond substituents is 1. The molecule has 0 spiro atoms. The van der Waals surface area contributed by atoms with E-state index in [9.17, 15) is 24.3 Å². The maximum absolute atomic E-state index is 13.1. The van der Waals surface area contributed by atoms with Gasteiger partial charge in [0, 0.05) is 62.4 Å². The average Bonchev–Trinajstić information content (AvgIpc) is 3.29. The third-order valence-corrected chi connectivity index (χ3v) is 11.4. The van der Waals surface area contributed by atoms with Gasteiger partial charge in [0.1, 0.15) is 11.9 Å². The number of aromatic hydroxyl groups is 1. The lowest BCUT2D eigenvalue weighted by Crippen LogP contribution is -2.40. The molecule has 12 nitrogen and oxygen atoms in total. The number of phenols is 1. The number of piperidine rings is 1. The number of H-pyrrole nitrogens is 1. The second-order valence-electron chi connectivity index (χ2n) is 15.7. The summed E-state index contributed by atoms with van der Waals surface area (Å²) in [6.45, 7) is 4.10. The van der Waals surface area contributed by atoms with E-state index in [2.05, 4.69) is 38.0 Å². The molecule has 62 heavy (non-hydrogen) atoms. The minimum atomic E-state index is -0.462. The van der Waals surface area contributed by atoms with Crippen molar-refractivity contribution in [1.29, 1.82) is 0 Å². The molecule has 5 N–H and O–H groups in total. The monoisotopic (exact) mass is 834 g/mol. The van der Waals surface area contributed by atoms with Crippen molar-refractivity contribution in [3.63, 3.8) is 0 Å². The predicted octanol–water partition coefficient (Wildman–Crippen LogP) is 7.20. The van der Waals surface area contributed by atoms with Crippen LogP contribution in [0.5, 0.6) is 5.75 Å². The molecular formula is C50H54N6O6. The molecule has 2 heterocycles. The Labute approximate surface area is 361 Å². The van der Waals surface area contributed by atoms with Crippen LogP contribution in [-0.2, 0) is 40.1 Å². The summed E-state index contributed by atoms with van der Waals surface area (Å²) < 4.78 is 5.78. The number of aromatic amines is 1. The number of hydrogen-bond donors (Lipinski definition) is 5. The lowest BCUT2D eigenvalue weighted by molar-refractivity contribution is -0.120. The van der Waals surface area contributed by atoms with Crippen LogP contribution in [0.15, 0.2) is 132 Å². The highest BCUT2D eigenvalue weighted by Gasteiger charge is 2.24. The van der Waals surface area contributed by atoms with Crippen molar-refractivity contribution in [3.05, 3.63) is 160 Å². The molecule has 0 atom stereocenters. The van der Waals surface area contributed by atoms with Gasteiger partial charge in [0.05, 0.1) is 17.6 Å². The zero-order valence-electron chi connectivity index (χ0n) is 35.1. The van der Waals surface area contributed by atoms with Crippen LogP contribution in [-0.4, -0.2) is 78.8 Å². The number of pyridine rings is 1. The van der Waals surface area contributed by atoms with Gasteiger partial charge in [-0.1, -0.05) is 91.0 Å². The van der Waals surface area contributed by atoms with Crippen molar-refractivity contribution in [2.75, 3.05) is 50.0 Å². The number of nitrogens with one attached hydrogen (secondary N) is 4. The molecule has 7 rings (SSSR count). The minimum absolute atomic E-state index is 0.00689. The fourth-order valence-corrected chi connectivity index (χ4v) is 7.77. The predicted molar refractivity (Wildman–Crippen MR) is 244 cm³/mol. The van der Waals surface area contributed by atoms with Crippen molar-refractivity contribution in [2.45, 2.75) is 51.2 Å². The number of hydrogen-bond acceptors (Lipinski definition) is 8. The molecule has 0 bridgehead atoms. The van der Waals surface area contributed by atoms with E-state index in [1.165, 1.54) is 11.6 Å². The van der Waals surface area contributed by atoms with E-state index in [0.717, 1.165) is 77.9 Å². The molecular weight excluding hydrogens is 781 g/mol. The van der Waals surface area contributed by atoms with E-state index in [4.69, 9.17) is 4.74 Å². The number of anilines is 2. The molecule has 1 aromatic heterocycles. The SMILES string of the molecule is CN(C(=O)CCN1CCC(OC(=O)Nc2ccccc2-c2ccccc2)CC1)c1ccc(CC(=O)NCc2ccc(CCNCCc3ccc(O)c4[nH]c(=O)ccc34)cc2)cc1. The minimum Gasteiger partial charge on any atom is -0.506 e. The van der Waals surface area contributed by atoms with Gasteiger partial charge in [-0.05, 0) is 96.9 Å². The second-order valence-corrected chi connectivity index (χ2v) is 15.7. The standard InChI is InChI=1S/C50H54N6O6/c1-55(48(60)27-32-56-30-25-41(26-31-56)62-50(61)53-44-10-6-5-9-42(44)38-7-3-2-4-8-38)40-18-15-36(16-19-40)33-47(59)52-34-37-13-11-35(12-14-37)23-28-51-29-24-39-17-21-45(57)49-43(39)20-22-46(58)54-49/h2-22,41,51,57H,23-34H2,1H3,(H,52,59)(H,53,61)(H,54,58). The summed E-state index contributed by atoms with van der Waals surface area (Å²) in [5.41, 5.74) is 7.78. The van der Waals surface area contributed by atoms with Gasteiger partial charge in [0.15, 0.2) is 0 Å². The number of benzene rings is 5. The van der Waals surface area contributed by atoms with Crippen molar-refractivity contribution in [1.82, 2.24) is 20.5 Å². The Morgan fingerprint density at radius 2 is 1.48 bits per heavy atom. The van der Waals surface area contributed by atoms with Crippen LogP contribution < -0.4 is 26.4 Å².